The fraction of sp³-hybridized carbons (Fsp3) is 0.345. The van der Waals surface area contributed by atoms with Gasteiger partial charge in [-0.1, -0.05) is 23.4 Å². The highest BCUT2D eigenvalue weighted by Gasteiger charge is 2.33. The summed E-state index contributed by atoms with van der Waals surface area (Å²) < 4.78 is 40.9. The highest BCUT2D eigenvalue weighted by atomic mass is 19.1. The maximum absolute atomic E-state index is 15.8. The van der Waals surface area contributed by atoms with Crippen molar-refractivity contribution < 1.29 is 13.5 Å². The topological polar surface area (TPSA) is 57.8 Å². The molecule has 5 aromatic rings. The summed E-state index contributed by atoms with van der Waals surface area (Å²) in [5, 5.41) is 8.80. The molecule has 6 nitrogen and oxygen atoms in total. The SMILES string of the molecule is Cc1cc(F)c2c3ncc(-c4c(C)nnn4C)cc3n(C(c3cccc(C)c3F)C3CCOCC3)c2c1. The van der Waals surface area contributed by atoms with E-state index in [0.29, 0.717) is 35.2 Å². The van der Waals surface area contributed by atoms with Crippen molar-refractivity contribution in [3.63, 3.8) is 0 Å². The lowest BCUT2D eigenvalue weighted by Crippen LogP contribution is -2.27. The van der Waals surface area contributed by atoms with Gasteiger partial charge in [-0.2, -0.15) is 0 Å². The minimum Gasteiger partial charge on any atom is -0.381 e. The van der Waals surface area contributed by atoms with Crippen LogP contribution in [0.3, 0.4) is 0 Å². The number of nitrogens with zero attached hydrogens (tertiary/aromatic N) is 5. The van der Waals surface area contributed by atoms with Gasteiger partial charge in [-0.05, 0) is 68.9 Å². The van der Waals surface area contributed by atoms with E-state index in [4.69, 9.17) is 9.72 Å². The van der Waals surface area contributed by atoms with Gasteiger partial charge < -0.3 is 9.30 Å². The lowest BCUT2D eigenvalue weighted by Gasteiger charge is -2.33. The smallest absolute Gasteiger partial charge is 0.135 e. The lowest BCUT2D eigenvalue weighted by molar-refractivity contribution is 0.0548. The fourth-order valence-electron chi connectivity index (χ4n) is 5.93. The summed E-state index contributed by atoms with van der Waals surface area (Å²) in [5.41, 5.74) is 6.49. The average molecular weight is 502 g/mol. The number of hydrogen-bond donors (Lipinski definition) is 0. The standard InChI is InChI=1S/C29H29F2N5O/c1-16-12-22(30)25-23(13-16)36(24-14-20(15-32-27(24)25)28-18(3)33-34-35(28)4)29(19-8-10-37-11-9-19)21-7-5-6-17(2)26(21)31/h5-7,12-15,19,29H,8-11H2,1-4H3. The molecule has 0 radical (unpaired) electrons. The third-order valence-corrected chi connectivity index (χ3v) is 7.64. The Bertz CT molecular complexity index is 1630. The van der Waals surface area contributed by atoms with Gasteiger partial charge in [0.25, 0.3) is 0 Å². The minimum absolute atomic E-state index is 0.108. The van der Waals surface area contributed by atoms with Gasteiger partial charge in [0.2, 0.25) is 0 Å². The predicted octanol–water partition coefficient (Wildman–Crippen LogP) is 6.20. The molecular weight excluding hydrogens is 472 g/mol. The Labute approximate surface area is 213 Å². The van der Waals surface area contributed by atoms with Crippen LogP contribution in [0.15, 0.2) is 42.6 Å². The van der Waals surface area contributed by atoms with Gasteiger partial charge >= 0.3 is 0 Å². The highest BCUT2D eigenvalue weighted by molar-refractivity contribution is 6.07. The van der Waals surface area contributed by atoms with Crippen molar-refractivity contribution in [2.24, 2.45) is 13.0 Å². The first-order chi connectivity index (χ1) is 17.8. The summed E-state index contributed by atoms with van der Waals surface area (Å²) in [6.07, 6.45) is 3.31. The number of benzene rings is 2. The molecule has 0 saturated carbocycles. The van der Waals surface area contributed by atoms with Crippen LogP contribution in [0.5, 0.6) is 0 Å². The number of fused-ring (bicyclic) bond motifs is 3. The van der Waals surface area contributed by atoms with Crippen molar-refractivity contribution in [1.29, 1.82) is 0 Å². The molecule has 8 heteroatoms. The summed E-state index contributed by atoms with van der Waals surface area (Å²) in [5.74, 6) is -0.443. The van der Waals surface area contributed by atoms with E-state index in [-0.39, 0.29) is 23.6 Å². The molecule has 1 aliphatic heterocycles. The molecule has 6 rings (SSSR count). The van der Waals surface area contributed by atoms with E-state index in [1.807, 2.05) is 45.2 Å². The molecule has 4 heterocycles. The van der Waals surface area contributed by atoms with Crippen LogP contribution in [0.2, 0.25) is 0 Å². The first-order valence-corrected chi connectivity index (χ1v) is 12.6. The number of aromatic nitrogens is 5. The Morgan fingerprint density at radius 1 is 1.03 bits per heavy atom. The molecule has 1 saturated heterocycles. The first kappa shape index (κ1) is 23.7. The van der Waals surface area contributed by atoms with E-state index < -0.39 is 0 Å². The molecule has 0 bridgehead atoms. The molecule has 1 aliphatic rings. The predicted molar refractivity (Wildman–Crippen MR) is 139 cm³/mol. The molecule has 37 heavy (non-hydrogen) atoms. The molecule has 1 fully saturated rings. The van der Waals surface area contributed by atoms with Gasteiger partial charge in [0.15, 0.2) is 0 Å². The van der Waals surface area contributed by atoms with Crippen LogP contribution < -0.4 is 0 Å². The summed E-state index contributed by atoms with van der Waals surface area (Å²) in [4.78, 5) is 4.77. The van der Waals surface area contributed by atoms with E-state index >= 15 is 8.78 Å². The Morgan fingerprint density at radius 3 is 2.54 bits per heavy atom. The largest absolute Gasteiger partial charge is 0.381 e. The molecule has 0 aliphatic carbocycles. The van der Waals surface area contributed by atoms with E-state index in [9.17, 15) is 0 Å². The molecule has 2 aromatic carbocycles. The number of ether oxygens (including phenoxy) is 1. The van der Waals surface area contributed by atoms with Crippen LogP contribution in [-0.4, -0.2) is 37.8 Å². The number of halogens is 2. The van der Waals surface area contributed by atoms with Crippen molar-refractivity contribution in [2.75, 3.05) is 13.2 Å². The number of hydrogen-bond acceptors (Lipinski definition) is 4. The average Bonchev–Trinajstić information content (AvgIpc) is 3.38. The van der Waals surface area contributed by atoms with Crippen LogP contribution in [0, 0.1) is 38.3 Å². The molecule has 0 amide bonds. The van der Waals surface area contributed by atoms with Crippen LogP contribution in [0.1, 0.15) is 41.3 Å². The van der Waals surface area contributed by atoms with Gasteiger partial charge in [0, 0.05) is 37.6 Å². The van der Waals surface area contributed by atoms with Crippen LogP contribution in [0.25, 0.3) is 33.2 Å². The second-order valence-electron chi connectivity index (χ2n) is 10.1. The van der Waals surface area contributed by atoms with Gasteiger partial charge in [-0.25, -0.2) is 13.5 Å². The molecule has 1 unspecified atom stereocenters. The van der Waals surface area contributed by atoms with Gasteiger partial charge in [0.05, 0.1) is 39.4 Å². The van der Waals surface area contributed by atoms with Crippen molar-refractivity contribution in [3.05, 3.63) is 76.6 Å². The molecule has 0 N–H and O–H groups in total. The Kier molecular flexibility index (Phi) is 5.79. The third-order valence-electron chi connectivity index (χ3n) is 7.64. The second-order valence-corrected chi connectivity index (χ2v) is 10.1. The second kappa shape index (κ2) is 9.03. The summed E-state index contributed by atoms with van der Waals surface area (Å²) in [7, 11) is 1.84. The van der Waals surface area contributed by atoms with Crippen molar-refractivity contribution in [3.8, 4) is 11.3 Å². The Hall–Kier alpha value is -3.65. The van der Waals surface area contributed by atoms with Crippen LogP contribution >= 0.6 is 0 Å². The third kappa shape index (κ3) is 3.82. The Morgan fingerprint density at radius 2 is 1.81 bits per heavy atom. The van der Waals surface area contributed by atoms with E-state index in [0.717, 1.165) is 46.4 Å². The first-order valence-electron chi connectivity index (χ1n) is 12.6. The summed E-state index contributed by atoms with van der Waals surface area (Å²) in [6.45, 7) is 6.79. The zero-order valence-corrected chi connectivity index (χ0v) is 21.4. The van der Waals surface area contributed by atoms with Gasteiger partial charge in [-0.3, -0.25) is 4.98 Å². The number of pyridine rings is 1. The van der Waals surface area contributed by atoms with E-state index in [2.05, 4.69) is 14.9 Å². The maximum Gasteiger partial charge on any atom is 0.135 e. The molecule has 190 valence electrons. The van der Waals surface area contributed by atoms with Gasteiger partial charge in [-0.15, -0.1) is 5.10 Å². The number of aryl methyl sites for hydroxylation is 4. The highest BCUT2D eigenvalue weighted by Crippen LogP contribution is 2.43. The molecule has 3 aromatic heterocycles. The Balaban J connectivity index is 1.73. The minimum atomic E-state index is -0.354. The normalized spacial score (nSPS) is 15.6. The zero-order chi connectivity index (χ0) is 25.8. The van der Waals surface area contributed by atoms with E-state index in [1.165, 1.54) is 6.07 Å². The monoisotopic (exact) mass is 501 g/mol. The maximum atomic E-state index is 15.8. The van der Waals surface area contributed by atoms with Crippen LogP contribution in [-0.2, 0) is 11.8 Å². The molecular formula is C29H29F2N5O. The quantitative estimate of drug-likeness (QED) is 0.294. The summed E-state index contributed by atoms with van der Waals surface area (Å²) >= 11 is 0. The van der Waals surface area contributed by atoms with Crippen molar-refractivity contribution in [2.45, 2.75) is 39.7 Å². The van der Waals surface area contributed by atoms with Crippen molar-refractivity contribution in [1.82, 2.24) is 24.5 Å². The molecule has 0 spiro atoms. The summed E-state index contributed by atoms with van der Waals surface area (Å²) in [6, 6.07) is 10.7. The van der Waals surface area contributed by atoms with Crippen LogP contribution in [0.4, 0.5) is 8.78 Å². The zero-order valence-electron chi connectivity index (χ0n) is 21.4. The van der Waals surface area contributed by atoms with Gasteiger partial charge in [0.1, 0.15) is 11.6 Å². The fourth-order valence-corrected chi connectivity index (χ4v) is 5.93. The van der Waals surface area contributed by atoms with Crippen molar-refractivity contribution >= 4 is 21.9 Å². The lowest BCUT2D eigenvalue weighted by atomic mass is 9.85. The van der Waals surface area contributed by atoms with E-state index in [1.54, 1.807) is 23.9 Å². The number of rotatable bonds is 4. The molecule has 1 atom stereocenters.